The van der Waals surface area contributed by atoms with E-state index < -0.39 is 23.5 Å². The van der Waals surface area contributed by atoms with Gasteiger partial charge in [0.05, 0.1) is 12.2 Å². The molecule has 1 atom stereocenters. The number of nitrogens with one attached hydrogen (secondary N) is 1. The number of halogens is 1. The fourth-order valence-electron chi connectivity index (χ4n) is 3.82. The number of aryl methyl sites for hydroxylation is 1. The maximum atomic E-state index is 14.6. The Morgan fingerprint density at radius 3 is 2.62 bits per heavy atom. The number of aromatic amines is 1. The first-order valence-electron chi connectivity index (χ1n) is 9.86. The van der Waals surface area contributed by atoms with Crippen LogP contribution in [0.1, 0.15) is 59.7 Å². The molecule has 0 spiro atoms. The minimum Gasteiger partial charge on any atom is -0.462 e. The molecule has 3 rings (SSSR count). The lowest BCUT2D eigenvalue weighted by Crippen LogP contribution is -2.45. The fraction of sp³-hybridized carbons (Fsp3) is 0.409. The van der Waals surface area contributed by atoms with Gasteiger partial charge in [-0.2, -0.15) is 0 Å². The number of nitrogens with zero attached hydrogens (tertiary/aromatic N) is 1. The third kappa shape index (κ3) is 3.95. The number of aromatic nitrogens is 1. The van der Waals surface area contributed by atoms with Crippen molar-refractivity contribution < 1.29 is 23.5 Å². The van der Waals surface area contributed by atoms with Crippen LogP contribution < -0.4 is 0 Å². The highest BCUT2D eigenvalue weighted by molar-refractivity contribution is 6.43. The number of amides is 1. The summed E-state index contributed by atoms with van der Waals surface area (Å²) in [6.07, 6.45) is 2.67. The first-order valence-corrected chi connectivity index (χ1v) is 9.86. The van der Waals surface area contributed by atoms with Crippen LogP contribution >= 0.6 is 0 Å². The van der Waals surface area contributed by atoms with Crippen molar-refractivity contribution in [2.75, 3.05) is 13.2 Å². The number of carbonyl (C=O) groups is 3. The van der Waals surface area contributed by atoms with E-state index in [1.807, 2.05) is 6.92 Å². The number of likely N-dealkylation sites (tertiary alicyclic amines) is 1. The molecule has 0 aliphatic carbocycles. The van der Waals surface area contributed by atoms with Crippen LogP contribution in [0.5, 0.6) is 0 Å². The van der Waals surface area contributed by atoms with Crippen molar-refractivity contribution in [1.29, 1.82) is 0 Å². The minimum atomic E-state index is -0.782. The van der Waals surface area contributed by atoms with Gasteiger partial charge in [0, 0.05) is 29.4 Å². The molecular formula is C22H25FN2O4. The summed E-state index contributed by atoms with van der Waals surface area (Å²) < 4.78 is 19.7. The van der Waals surface area contributed by atoms with Gasteiger partial charge in [0.15, 0.2) is 0 Å². The van der Waals surface area contributed by atoms with Gasteiger partial charge in [-0.25, -0.2) is 9.18 Å². The Kier molecular flexibility index (Phi) is 6.15. The molecule has 1 aliphatic rings. The molecule has 2 heterocycles. The lowest BCUT2D eigenvalue weighted by atomic mass is 9.97. The predicted octanol–water partition coefficient (Wildman–Crippen LogP) is 3.89. The highest BCUT2D eigenvalue weighted by atomic mass is 19.1. The Balaban J connectivity index is 2.12. The molecule has 1 saturated heterocycles. The van der Waals surface area contributed by atoms with E-state index in [1.54, 1.807) is 24.8 Å². The Hall–Kier alpha value is -2.96. The lowest BCUT2D eigenvalue weighted by molar-refractivity contribution is -0.129. The highest BCUT2D eigenvalue weighted by Crippen LogP contribution is 2.33. The predicted molar refractivity (Wildman–Crippen MR) is 106 cm³/mol. The van der Waals surface area contributed by atoms with Crippen molar-refractivity contribution in [3.63, 3.8) is 0 Å². The van der Waals surface area contributed by atoms with Crippen molar-refractivity contribution in [2.45, 2.75) is 46.1 Å². The van der Waals surface area contributed by atoms with Gasteiger partial charge < -0.3 is 14.6 Å². The number of hydrogen-bond donors (Lipinski definition) is 1. The van der Waals surface area contributed by atoms with Gasteiger partial charge in [0.25, 0.3) is 11.7 Å². The first-order chi connectivity index (χ1) is 13.9. The van der Waals surface area contributed by atoms with E-state index in [2.05, 4.69) is 4.98 Å². The topological polar surface area (TPSA) is 79.5 Å². The second-order valence-electron chi connectivity index (χ2n) is 7.25. The van der Waals surface area contributed by atoms with Gasteiger partial charge in [0.2, 0.25) is 0 Å². The van der Waals surface area contributed by atoms with Crippen molar-refractivity contribution in [2.24, 2.45) is 0 Å². The monoisotopic (exact) mass is 400 g/mol. The van der Waals surface area contributed by atoms with Crippen LogP contribution in [0.15, 0.2) is 24.3 Å². The number of esters is 1. The third-order valence-corrected chi connectivity index (χ3v) is 5.30. The van der Waals surface area contributed by atoms with Gasteiger partial charge in [-0.1, -0.05) is 18.2 Å². The Labute approximate surface area is 169 Å². The molecular weight excluding hydrogens is 375 g/mol. The Morgan fingerprint density at radius 2 is 1.97 bits per heavy atom. The molecule has 1 fully saturated rings. The number of ketones is 1. The largest absolute Gasteiger partial charge is 0.462 e. The van der Waals surface area contributed by atoms with Crippen LogP contribution in [-0.4, -0.2) is 46.7 Å². The fourth-order valence-corrected chi connectivity index (χ4v) is 3.82. The molecule has 0 radical (unpaired) electrons. The molecule has 1 aromatic carbocycles. The number of ether oxygens (including phenoxy) is 1. The van der Waals surface area contributed by atoms with Crippen LogP contribution in [0.4, 0.5) is 4.39 Å². The van der Waals surface area contributed by atoms with Crippen LogP contribution in [0, 0.1) is 12.7 Å². The molecule has 154 valence electrons. The third-order valence-electron chi connectivity index (χ3n) is 5.30. The number of Topliss-reactive ketones (excluding diaryl/α,β-unsaturated/α-hetero) is 1. The van der Waals surface area contributed by atoms with Gasteiger partial charge in [0.1, 0.15) is 11.5 Å². The van der Waals surface area contributed by atoms with E-state index in [0.717, 1.165) is 19.3 Å². The zero-order chi connectivity index (χ0) is 21.1. The van der Waals surface area contributed by atoms with Gasteiger partial charge >= 0.3 is 5.97 Å². The average molecular weight is 400 g/mol. The van der Waals surface area contributed by atoms with Crippen LogP contribution in [-0.2, 0) is 9.53 Å². The summed E-state index contributed by atoms with van der Waals surface area (Å²) in [5.41, 5.74) is 0.479. The second kappa shape index (κ2) is 8.59. The number of piperidine rings is 1. The number of carbonyl (C=O) groups excluding carboxylic acids is 3. The Morgan fingerprint density at radius 1 is 1.24 bits per heavy atom. The summed E-state index contributed by atoms with van der Waals surface area (Å²) in [5.74, 6) is -2.69. The summed E-state index contributed by atoms with van der Waals surface area (Å²) in [6.45, 7) is 5.81. The van der Waals surface area contributed by atoms with E-state index >= 15 is 0 Å². The van der Waals surface area contributed by atoms with Gasteiger partial charge in [-0.3, -0.25) is 9.59 Å². The van der Waals surface area contributed by atoms with Crippen LogP contribution in [0.2, 0.25) is 0 Å². The second-order valence-corrected chi connectivity index (χ2v) is 7.25. The molecule has 7 heteroatoms. The number of H-pyrrole nitrogens is 1. The van der Waals surface area contributed by atoms with Crippen molar-refractivity contribution in [3.8, 4) is 11.1 Å². The van der Waals surface area contributed by atoms with Gasteiger partial charge in [-0.15, -0.1) is 0 Å². The van der Waals surface area contributed by atoms with Gasteiger partial charge in [-0.05, 0) is 46.1 Å². The summed E-state index contributed by atoms with van der Waals surface area (Å²) in [6, 6.07) is 5.81. The Bertz CT molecular complexity index is 950. The summed E-state index contributed by atoms with van der Waals surface area (Å²) in [7, 11) is 0. The van der Waals surface area contributed by atoms with Crippen molar-refractivity contribution in [3.05, 3.63) is 47.0 Å². The van der Waals surface area contributed by atoms with Crippen LogP contribution in [0.3, 0.4) is 0 Å². The van der Waals surface area contributed by atoms with Crippen molar-refractivity contribution >= 4 is 17.7 Å². The van der Waals surface area contributed by atoms with E-state index in [4.69, 9.17) is 4.74 Å². The normalized spacial score (nSPS) is 16.6. The van der Waals surface area contributed by atoms with E-state index in [9.17, 15) is 18.8 Å². The maximum absolute atomic E-state index is 14.6. The summed E-state index contributed by atoms with van der Waals surface area (Å²) in [4.78, 5) is 43.0. The summed E-state index contributed by atoms with van der Waals surface area (Å²) in [5, 5.41) is 0. The van der Waals surface area contributed by atoms with Crippen LogP contribution in [0.25, 0.3) is 11.1 Å². The molecule has 2 aromatic rings. The highest BCUT2D eigenvalue weighted by Gasteiger charge is 2.34. The molecule has 0 saturated carbocycles. The molecule has 1 aromatic heterocycles. The standard InChI is InChI=1S/C22H25FN2O4/c1-4-29-22(28)17-14(3)24-19(18(17)15-10-5-6-11-16(15)23)20(26)21(27)25-12-8-7-9-13(25)2/h5-6,10-11,13,24H,4,7-9,12H2,1-3H3/t13-/m0/s1. The molecule has 1 aliphatic heterocycles. The smallest absolute Gasteiger partial charge is 0.340 e. The van der Waals surface area contributed by atoms with E-state index in [-0.39, 0.29) is 35.0 Å². The molecule has 1 amide bonds. The number of rotatable bonds is 5. The quantitative estimate of drug-likeness (QED) is 0.469. The summed E-state index contributed by atoms with van der Waals surface area (Å²) >= 11 is 0. The molecule has 1 N–H and O–H groups in total. The zero-order valence-corrected chi connectivity index (χ0v) is 16.9. The molecule has 0 unspecified atom stereocenters. The average Bonchev–Trinajstić information content (AvgIpc) is 3.04. The lowest BCUT2D eigenvalue weighted by Gasteiger charge is -2.32. The first kappa shape index (κ1) is 20.8. The minimum absolute atomic E-state index is 0.0438. The maximum Gasteiger partial charge on any atom is 0.340 e. The van der Waals surface area contributed by atoms with Crippen molar-refractivity contribution in [1.82, 2.24) is 9.88 Å². The van der Waals surface area contributed by atoms with E-state index in [1.165, 1.54) is 18.2 Å². The molecule has 6 nitrogen and oxygen atoms in total. The van der Waals surface area contributed by atoms with E-state index in [0.29, 0.717) is 12.2 Å². The zero-order valence-electron chi connectivity index (χ0n) is 16.9. The number of benzene rings is 1. The SMILES string of the molecule is CCOC(=O)c1c(C)[nH]c(C(=O)C(=O)N2CCCC[C@@H]2C)c1-c1ccccc1F. The molecule has 29 heavy (non-hydrogen) atoms. The number of hydrogen-bond acceptors (Lipinski definition) is 4. The molecule has 0 bridgehead atoms.